The van der Waals surface area contributed by atoms with E-state index in [4.69, 9.17) is 18.0 Å². The SMILES string of the molecule is NC(=S)c1ccccc1NC1CCS(=O)(=O)CC1. The van der Waals surface area contributed by atoms with E-state index in [9.17, 15) is 8.42 Å². The number of para-hydroxylation sites is 1. The third kappa shape index (κ3) is 3.20. The van der Waals surface area contributed by atoms with Gasteiger partial charge < -0.3 is 11.1 Å². The first-order valence-electron chi connectivity index (χ1n) is 5.84. The van der Waals surface area contributed by atoms with Gasteiger partial charge in [-0.2, -0.15) is 0 Å². The number of hydrogen-bond acceptors (Lipinski definition) is 4. The van der Waals surface area contributed by atoms with Crippen molar-refractivity contribution in [2.24, 2.45) is 5.73 Å². The first kappa shape index (κ1) is 13.3. The topological polar surface area (TPSA) is 72.2 Å². The summed E-state index contributed by atoms with van der Waals surface area (Å²) in [5.74, 6) is 0.500. The smallest absolute Gasteiger partial charge is 0.150 e. The molecule has 6 heteroatoms. The average Bonchev–Trinajstić information content (AvgIpc) is 2.32. The van der Waals surface area contributed by atoms with Crippen molar-refractivity contribution in [3.8, 4) is 0 Å². The summed E-state index contributed by atoms with van der Waals surface area (Å²) in [6, 6.07) is 7.74. The van der Waals surface area contributed by atoms with Gasteiger partial charge in [-0.15, -0.1) is 0 Å². The number of rotatable bonds is 3. The lowest BCUT2D eigenvalue weighted by Gasteiger charge is -2.25. The zero-order valence-electron chi connectivity index (χ0n) is 9.93. The molecule has 1 fully saturated rings. The van der Waals surface area contributed by atoms with Crippen LogP contribution in [-0.4, -0.2) is 31.0 Å². The second-order valence-corrected chi connectivity index (χ2v) is 7.22. The minimum Gasteiger partial charge on any atom is -0.389 e. The van der Waals surface area contributed by atoms with Crippen LogP contribution in [-0.2, 0) is 9.84 Å². The molecule has 0 bridgehead atoms. The number of nitrogens with one attached hydrogen (secondary N) is 1. The Balaban J connectivity index is 2.09. The number of hydrogen-bond donors (Lipinski definition) is 2. The third-order valence-electron chi connectivity index (χ3n) is 3.11. The summed E-state index contributed by atoms with van der Waals surface area (Å²) < 4.78 is 22.7. The molecule has 18 heavy (non-hydrogen) atoms. The van der Waals surface area contributed by atoms with Crippen molar-refractivity contribution in [1.82, 2.24) is 0 Å². The van der Waals surface area contributed by atoms with Crippen molar-refractivity contribution in [3.63, 3.8) is 0 Å². The van der Waals surface area contributed by atoms with Crippen LogP contribution < -0.4 is 11.1 Å². The molecule has 0 aliphatic carbocycles. The van der Waals surface area contributed by atoms with Crippen molar-refractivity contribution >= 4 is 32.7 Å². The van der Waals surface area contributed by atoms with Crippen LogP contribution in [0.3, 0.4) is 0 Å². The highest BCUT2D eigenvalue weighted by Gasteiger charge is 2.23. The molecule has 1 aliphatic rings. The summed E-state index contributed by atoms with van der Waals surface area (Å²) in [6.07, 6.45) is 1.27. The fraction of sp³-hybridized carbons (Fsp3) is 0.417. The standard InChI is InChI=1S/C12H16N2O2S2/c13-12(17)10-3-1-2-4-11(10)14-9-5-7-18(15,16)8-6-9/h1-4,9,14H,5-8H2,(H2,13,17). The highest BCUT2D eigenvalue weighted by molar-refractivity contribution is 7.91. The number of thiocarbonyl (C=S) groups is 1. The molecule has 98 valence electrons. The van der Waals surface area contributed by atoms with Crippen molar-refractivity contribution < 1.29 is 8.42 Å². The van der Waals surface area contributed by atoms with Gasteiger partial charge >= 0.3 is 0 Å². The Kier molecular flexibility index (Phi) is 3.87. The second kappa shape index (κ2) is 5.24. The molecule has 1 aliphatic heterocycles. The minimum atomic E-state index is -2.82. The van der Waals surface area contributed by atoms with Gasteiger partial charge in [0.25, 0.3) is 0 Å². The Hall–Kier alpha value is -1.14. The molecule has 2 rings (SSSR count). The van der Waals surface area contributed by atoms with Crippen LogP contribution in [0, 0.1) is 0 Å². The molecule has 1 aromatic rings. The third-order valence-corrected chi connectivity index (χ3v) is 5.04. The Bertz CT molecular complexity index is 541. The molecule has 0 amide bonds. The van der Waals surface area contributed by atoms with Gasteiger partial charge in [-0.1, -0.05) is 24.4 Å². The summed E-state index contributed by atoms with van der Waals surface area (Å²) in [7, 11) is -2.82. The largest absolute Gasteiger partial charge is 0.389 e. The maximum Gasteiger partial charge on any atom is 0.150 e. The minimum absolute atomic E-state index is 0.170. The molecule has 1 aromatic carbocycles. The fourth-order valence-electron chi connectivity index (χ4n) is 2.08. The second-order valence-electron chi connectivity index (χ2n) is 4.48. The Labute approximate surface area is 112 Å². The summed E-state index contributed by atoms with van der Waals surface area (Å²) in [6.45, 7) is 0. The van der Waals surface area contributed by atoms with E-state index in [1.54, 1.807) is 0 Å². The lowest BCUT2D eigenvalue weighted by atomic mass is 10.1. The number of benzene rings is 1. The first-order chi connectivity index (χ1) is 8.48. The van der Waals surface area contributed by atoms with Gasteiger partial charge in [0.2, 0.25) is 0 Å². The van der Waals surface area contributed by atoms with Gasteiger partial charge in [-0.05, 0) is 25.0 Å². The van der Waals surface area contributed by atoms with Gasteiger partial charge in [0.15, 0.2) is 0 Å². The molecule has 1 saturated heterocycles. The summed E-state index contributed by atoms with van der Waals surface area (Å²) >= 11 is 5.00. The van der Waals surface area contributed by atoms with Crippen molar-refractivity contribution in [3.05, 3.63) is 29.8 Å². The monoisotopic (exact) mass is 284 g/mol. The van der Waals surface area contributed by atoms with E-state index in [0.29, 0.717) is 17.8 Å². The van der Waals surface area contributed by atoms with Gasteiger partial charge in [-0.25, -0.2) is 8.42 Å². The molecule has 4 nitrogen and oxygen atoms in total. The van der Waals surface area contributed by atoms with Crippen LogP contribution in [0.5, 0.6) is 0 Å². The van der Waals surface area contributed by atoms with Gasteiger partial charge in [0, 0.05) is 17.3 Å². The van der Waals surface area contributed by atoms with E-state index >= 15 is 0 Å². The van der Waals surface area contributed by atoms with Crippen molar-refractivity contribution in [2.75, 3.05) is 16.8 Å². The summed E-state index contributed by atoms with van der Waals surface area (Å²) in [5.41, 5.74) is 7.35. The zero-order chi connectivity index (χ0) is 13.2. The molecule has 0 spiro atoms. The lowest BCUT2D eigenvalue weighted by molar-refractivity contribution is 0.559. The van der Waals surface area contributed by atoms with Gasteiger partial charge in [0.1, 0.15) is 14.8 Å². The van der Waals surface area contributed by atoms with Crippen molar-refractivity contribution in [2.45, 2.75) is 18.9 Å². The predicted octanol–water partition coefficient (Wildman–Crippen LogP) is 1.31. The normalized spacial score (nSPS) is 19.3. The molecule has 1 heterocycles. The highest BCUT2D eigenvalue weighted by Crippen LogP contribution is 2.21. The highest BCUT2D eigenvalue weighted by atomic mass is 32.2. The van der Waals surface area contributed by atoms with Crippen LogP contribution in [0.15, 0.2) is 24.3 Å². The van der Waals surface area contributed by atoms with Gasteiger partial charge in [0.05, 0.1) is 11.5 Å². The van der Waals surface area contributed by atoms with Crippen molar-refractivity contribution in [1.29, 1.82) is 0 Å². The molecular weight excluding hydrogens is 268 g/mol. The number of anilines is 1. The Morgan fingerprint density at radius 2 is 1.89 bits per heavy atom. The van der Waals surface area contributed by atoms with Crippen LogP contribution in [0.1, 0.15) is 18.4 Å². The van der Waals surface area contributed by atoms with E-state index < -0.39 is 9.84 Å². The number of sulfone groups is 1. The molecule has 0 saturated carbocycles. The van der Waals surface area contributed by atoms with E-state index in [1.165, 1.54) is 0 Å². The lowest BCUT2D eigenvalue weighted by Crippen LogP contribution is -2.32. The molecule has 0 radical (unpaired) electrons. The van der Waals surface area contributed by atoms with E-state index in [1.807, 2.05) is 24.3 Å². The summed E-state index contributed by atoms with van der Waals surface area (Å²) in [5, 5.41) is 3.34. The molecule has 0 aromatic heterocycles. The molecular formula is C12H16N2O2S2. The van der Waals surface area contributed by atoms with Crippen LogP contribution in [0.2, 0.25) is 0 Å². The molecule has 3 N–H and O–H groups in total. The maximum absolute atomic E-state index is 11.4. The van der Waals surface area contributed by atoms with E-state index in [0.717, 1.165) is 11.3 Å². The fourth-order valence-corrected chi connectivity index (χ4v) is 3.75. The number of nitrogens with two attached hydrogens (primary N) is 1. The van der Waals surface area contributed by atoms with E-state index in [-0.39, 0.29) is 17.5 Å². The molecule has 0 unspecified atom stereocenters. The Morgan fingerprint density at radius 1 is 1.28 bits per heavy atom. The maximum atomic E-state index is 11.4. The van der Waals surface area contributed by atoms with Gasteiger partial charge in [-0.3, -0.25) is 0 Å². The first-order valence-corrected chi connectivity index (χ1v) is 8.07. The van der Waals surface area contributed by atoms with Crippen LogP contribution in [0.25, 0.3) is 0 Å². The quantitative estimate of drug-likeness (QED) is 0.819. The Morgan fingerprint density at radius 3 is 2.50 bits per heavy atom. The molecule has 0 atom stereocenters. The predicted molar refractivity (Wildman–Crippen MR) is 77.6 cm³/mol. The summed E-state index contributed by atoms with van der Waals surface area (Å²) in [4.78, 5) is 0.349. The van der Waals surface area contributed by atoms with Crippen LogP contribution in [0.4, 0.5) is 5.69 Å². The average molecular weight is 284 g/mol. The van der Waals surface area contributed by atoms with E-state index in [2.05, 4.69) is 5.32 Å². The van der Waals surface area contributed by atoms with Crippen LogP contribution >= 0.6 is 12.2 Å². The zero-order valence-corrected chi connectivity index (χ0v) is 11.6.